The number of rotatable bonds is 9. The highest BCUT2D eigenvalue weighted by molar-refractivity contribution is 6.76. The molecule has 0 radical (unpaired) electrons. The summed E-state index contributed by atoms with van der Waals surface area (Å²) in [5.41, 5.74) is 0.990. The Morgan fingerprint density at radius 2 is 1.29 bits per heavy atom. The van der Waals surface area contributed by atoms with Gasteiger partial charge in [0.2, 0.25) is 0 Å². The molecule has 0 heterocycles. The Hall–Kier alpha value is -1.08. The Bertz CT molecular complexity index is 433. The van der Waals surface area contributed by atoms with E-state index < -0.39 is 8.80 Å². The van der Waals surface area contributed by atoms with Crippen LogP contribution in [0.4, 0.5) is 0 Å². The van der Waals surface area contributed by atoms with Gasteiger partial charge >= 0.3 is 8.80 Å². The molecule has 0 amide bonds. The summed E-state index contributed by atoms with van der Waals surface area (Å²) in [7, 11) is 0.275. The van der Waals surface area contributed by atoms with Crippen LogP contribution in [0, 0.1) is 6.92 Å². The molecule has 0 aromatic heterocycles. The average Bonchev–Trinajstić information content (AvgIpc) is 2.47. The zero-order valence-electron chi connectivity index (χ0n) is 13.8. The standard InChI is InChI=1S/C15H26O5Si/c1-7-18-21(19-8-2,20-9-3)15-10-12(4)13(16-5)11-14(15)17-6/h10-11H,7-9H2,1-6H3. The molecule has 0 bridgehead atoms. The van der Waals surface area contributed by atoms with Crippen molar-refractivity contribution < 1.29 is 22.8 Å². The summed E-state index contributed by atoms with van der Waals surface area (Å²) in [5.74, 6) is 1.43. The van der Waals surface area contributed by atoms with E-state index in [-0.39, 0.29) is 0 Å². The van der Waals surface area contributed by atoms with Gasteiger partial charge in [0.25, 0.3) is 0 Å². The second-order valence-electron chi connectivity index (χ2n) is 4.38. The zero-order valence-corrected chi connectivity index (χ0v) is 14.8. The second kappa shape index (κ2) is 8.38. The number of benzene rings is 1. The van der Waals surface area contributed by atoms with Crippen molar-refractivity contribution in [3.8, 4) is 11.5 Å². The molecule has 0 aliphatic heterocycles. The molecule has 0 atom stereocenters. The largest absolute Gasteiger partial charge is 0.541 e. The van der Waals surface area contributed by atoms with Crippen LogP contribution in [-0.4, -0.2) is 42.8 Å². The van der Waals surface area contributed by atoms with E-state index in [0.717, 1.165) is 16.5 Å². The van der Waals surface area contributed by atoms with Gasteiger partial charge in [-0.3, -0.25) is 0 Å². The molecule has 21 heavy (non-hydrogen) atoms. The van der Waals surface area contributed by atoms with Crippen LogP contribution < -0.4 is 14.7 Å². The summed E-state index contributed by atoms with van der Waals surface area (Å²) in [6.07, 6.45) is 0. The van der Waals surface area contributed by atoms with E-state index in [1.807, 2.05) is 39.8 Å². The van der Waals surface area contributed by atoms with Crippen molar-refractivity contribution in [2.24, 2.45) is 0 Å². The van der Waals surface area contributed by atoms with Gasteiger partial charge in [-0.25, -0.2) is 0 Å². The van der Waals surface area contributed by atoms with Gasteiger partial charge in [-0.1, -0.05) is 0 Å². The summed E-state index contributed by atoms with van der Waals surface area (Å²) < 4.78 is 28.7. The molecule has 0 saturated carbocycles. The first kappa shape index (κ1) is 18.0. The maximum atomic E-state index is 5.94. The lowest BCUT2D eigenvalue weighted by Gasteiger charge is -2.30. The van der Waals surface area contributed by atoms with E-state index in [4.69, 9.17) is 22.8 Å². The molecule has 0 unspecified atom stereocenters. The highest BCUT2D eigenvalue weighted by Gasteiger charge is 2.46. The third kappa shape index (κ3) is 3.97. The fourth-order valence-electron chi connectivity index (χ4n) is 2.23. The van der Waals surface area contributed by atoms with Crippen molar-refractivity contribution in [1.29, 1.82) is 0 Å². The molecule has 0 N–H and O–H groups in total. The molecule has 0 fully saturated rings. The molecule has 0 spiro atoms. The predicted octanol–water partition coefficient (Wildman–Crippen LogP) is 2.27. The van der Waals surface area contributed by atoms with Crippen molar-refractivity contribution >= 4 is 14.0 Å². The molecule has 0 saturated heterocycles. The van der Waals surface area contributed by atoms with Gasteiger partial charge < -0.3 is 22.8 Å². The molecule has 0 aliphatic carbocycles. The monoisotopic (exact) mass is 314 g/mol. The van der Waals surface area contributed by atoms with E-state index in [1.165, 1.54) is 0 Å². The van der Waals surface area contributed by atoms with E-state index in [9.17, 15) is 0 Å². The Kier molecular flexibility index (Phi) is 7.17. The van der Waals surface area contributed by atoms with Gasteiger partial charge in [0.05, 0.1) is 19.4 Å². The summed E-state index contributed by atoms with van der Waals surface area (Å²) in [6, 6.07) is 3.83. The van der Waals surface area contributed by atoms with Gasteiger partial charge in [-0.2, -0.15) is 0 Å². The first-order chi connectivity index (χ1) is 10.1. The van der Waals surface area contributed by atoms with Gasteiger partial charge in [0.1, 0.15) is 11.5 Å². The van der Waals surface area contributed by atoms with Crippen LogP contribution in [0.3, 0.4) is 0 Å². The van der Waals surface area contributed by atoms with E-state index >= 15 is 0 Å². The number of hydrogen-bond donors (Lipinski definition) is 0. The van der Waals surface area contributed by atoms with E-state index in [1.54, 1.807) is 14.2 Å². The minimum atomic E-state index is -2.98. The molecule has 5 nitrogen and oxygen atoms in total. The molecule has 6 heteroatoms. The third-order valence-electron chi connectivity index (χ3n) is 3.05. The summed E-state index contributed by atoms with van der Waals surface area (Å²) >= 11 is 0. The van der Waals surface area contributed by atoms with Crippen LogP contribution >= 0.6 is 0 Å². The normalized spacial score (nSPS) is 11.5. The number of hydrogen-bond acceptors (Lipinski definition) is 5. The summed E-state index contributed by atoms with van der Waals surface area (Å²) in [4.78, 5) is 0. The topological polar surface area (TPSA) is 46.2 Å². The third-order valence-corrected chi connectivity index (χ3v) is 6.11. The summed E-state index contributed by atoms with van der Waals surface area (Å²) in [5, 5.41) is 0.842. The quantitative estimate of drug-likeness (QED) is 0.654. The Labute approximate surface area is 128 Å². The molecule has 120 valence electrons. The maximum absolute atomic E-state index is 5.94. The lowest BCUT2D eigenvalue weighted by molar-refractivity contribution is 0.0853. The molecule has 0 aliphatic rings. The van der Waals surface area contributed by atoms with Crippen LogP contribution in [0.5, 0.6) is 11.5 Å². The Morgan fingerprint density at radius 3 is 1.67 bits per heavy atom. The second-order valence-corrected chi connectivity index (χ2v) is 6.89. The Balaban J connectivity index is 3.43. The van der Waals surface area contributed by atoms with Gasteiger partial charge in [-0.15, -0.1) is 0 Å². The molecule has 1 aromatic carbocycles. The minimum absolute atomic E-state index is 0.514. The Morgan fingerprint density at radius 1 is 0.810 bits per heavy atom. The molecule has 1 aromatic rings. The zero-order chi connectivity index (χ0) is 15.9. The predicted molar refractivity (Wildman–Crippen MR) is 84.5 cm³/mol. The van der Waals surface area contributed by atoms with Crippen LogP contribution in [0.15, 0.2) is 12.1 Å². The minimum Gasteiger partial charge on any atom is -0.496 e. The number of aryl methyl sites for hydroxylation is 1. The van der Waals surface area contributed by atoms with Crippen LogP contribution in [-0.2, 0) is 13.3 Å². The highest BCUT2D eigenvalue weighted by Crippen LogP contribution is 2.26. The lowest BCUT2D eigenvalue weighted by atomic mass is 10.2. The first-order valence-electron chi connectivity index (χ1n) is 7.23. The number of methoxy groups -OCH3 is 2. The van der Waals surface area contributed by atoms with Gasteiger partial charge in [-0.05, 0) is 39.3 Å². The number of ether oxygens (including phenoxy) is 2. The fourth-order valence-corrected chi connectivity index (χ4v) is 4.95. The van der Waals surface area contributed by atoms with Crippen molar-refractivity contribution in [1.82, 2.24) is 0 Å². The van der Waals surface area contributed by atoms with Crippen LogP contribution in [0.1, 0.15) is 26.3 Å². The summed E-state index contributed by atoms with van der Waals surface area (Å²) in [6.45, 7) is 9.32. The average molecular weight is 314 g/mol. The van der Waals surface area contributed by atoms with Crippen molar-refractivity contribution in [3.63, 3.8) is 0 Å². The van der Waals surface area contributed by atoms with E-state index in [2.05, 4.69) is 0 Å². The fraction of sp³-hybridized carbons (Fsp3) is 0.600. The van der Waals surface area contributed by atoms with Crippen molar-refractivity contribution in [2.75, 3.05) is 34.0 Å². The smallest absolute Gasteiger partial charge is 0.496 e. The molecular formula is C15H26O5Si. The van der Waals surface area contributed by atoms with Crippen LogP contribution in [0.25, 0.3) is 0 Å². The van der Waals surface area contributed by atoms with Gasteiger partial charge in [0.15, 0.2) is 0 Å². The van der Waals surface area contributed by atoms with Crippen LogP contribution in [0.2, 0.25) is 0 Å². The first-order valence-corrected chi connectivity index (χ1v) is 8.95. The SMILES string of the molecule is CCO[Si](OCC)(OCC)c1cc(C)c(OC)cc1OC. The van der Waals surface area contributed by atoms with Gasteiger partial charge in [0, 0.05) is 25.9 Å². The van der Waals surface area contributed by atoms with E-state index in [0.29, 0.717) is 25.6 Å². The van der Waals surface area contributed by atoms with Crippen molar-refractivity contribution in [2.45, 2.75) is 27.7 Å². The van der Waals surface area contributed by atoms with Crippen molar-refractivity contribution in [3.05, 3.63) is 17.7 Å². The highest BCUT2D eigenvalue weighted by atomic mass is 28.4. The lowest BCUT2D eigenvalue weighted by Crippen LogP contribution is -2.57. The molecular weight excluding hydrogens is 288 g/mol. The maximum Gasteiger partial charge on any atom is 0.541 e. The molecule has 1 rings (SSSR count).